The van der Waals surface area contributed by atoms with Gasteiger partial charge < -0.3 is 14.7 Å². The molecule has 0 N–H and O–H groups in total. The van der Waals surface area contributed by atoms with E-state index in [1.165, 1.54) is 49.3 Å². The monoisotopic (exact) mass is 843 g/mol. The SMILES string of the molecule is c1ccc(-c2cccc(-c3ccc4c(c3)Sc3ccccc3N4c3ccc(-c4nsc(-c5ccc(N6c7ccccc7N(c7ccccc7)c7ccccc76)cc5)n4)cc3)c2)cc1. The van der Waals surface area contributed by atoms with Gasteiger partial charge in [-0.05, 0) is 149 Å². The maximum atomic E-state index is 5.06. The largest absolute Gasteiger partial charge is 0.308 e. The van der Waals surface area contributed by atoms with E-state index in [0.717, 1.165) is 67.5 Å². The molecular weight excluding hydrogens is 807 g/mol. The average molecular weight is 844 g/mol. The molecule has 0 radical (unpaired) electrons. The first kappa shape index (κ1) is 37.1. The van der Waals surface area contributed by atoms with Crippen LogP contribution in [0.15, 0.2) is 234 Å². The summed E-state index contributed by atoms with van der Waals surface area (Å²) in [6.45, 7) is 0. The summed E-state index contributed by atoms with van der Waals surface area (Å²) < 4.78 is 4.85. The highest BCUT2D eigenvalue weighted by Gasteiger charge is 2.30. The van der Waals surface area contributed by atoms with Crippen LogP contribution in [0.25, 0.3) is 44.2 Å². The second-order valence-electron chi connectivity index (χ2n) is 15.5. The number of hydrogen-bond donors (Lipinski definition) is 0. The summed E-state index contributed by atoms with van der Waals surface area (Å²) in [6.07, 6.45) is 0. The second-order valence-corrected chi connectivity index (χ2v) is 17.4. The van der Waals surface area contributed by atoms with E-state index in [1.54, 1.807) is 0 Å². The third-order valence-electron chi connectivity index (χ3n) is 11.8. The molecule has 63 heavy (non-hydrogen) atoms. The molecule has 0 spiro atoms. The Bertz CT molecular complexity index is 3230. The van der Waals surface area contributed by atoms with Crippen molar-refractivity contribution in [1.29, 1.82) is 0 Å². The Balaban J connectivity index is 0.821. The number of aromatic nitrogens is 2. The molecule has 298 valence electrons. The first-order valence-corrected chi connectivity index (χ1v) is 22.6. The molecule has 1 aromatic heterocycles. The maximum Gasteiger partial charge on any atom is 0.173 e. The van der Waals surface area contributed by atoms with Gasteiger partial charge in [0.2, 0.25) is 0 Å². The van der Waals surface area contributed by atoms with Crippen LogP contribution in [0.4, 0.5) is 51.2 Å². The number of rotatable bonds is 7. The lowest BCUT2D eigenvalue weighted by atomic mass is 9.99. The first-order valence-electron chi connectivity index (χ1n) is 21.0. The lowest BCUT2D eigenvalue weighted by Crippen LogP contribution is -2.23. The predicted molar refractivity (Wildman–Crippen MR) is 263 cm³/mol. The molecule has 2 aliphatic heterocycles. The fourth-order valence-corrected chi connectivity index (χ4v) is 10.6. The van der Waals surface area contributed by atoms with Crippen LogP contribution in [0.5, 0.6) is 0 Å². The van der Waals surface area contributed by atoms with E-state index in [9.17, 15) is 0 Å². The van der Waals surface area contributed by atoms with Gasteiger partial charge in [-0.15, -0.1) is 0 Å². The molecule has 5 nitrogen and oxygen atoms in total. The molecule has 0 fully saturated rings. The lowest BCUT2D eigenvalue weighted by Gasteiger charge is -2.40. The Labute approximate surface area is 375 Å². The lowest BCUT2D eigenvalue weighted by molar-refractivity contribution is 1.17. The Kier molecular flexibility index (Phi) is 9.21. The molecule has 10 aromatic rings. The fourth-order valence-electron chi connectivity index (χ4n) is 8.77. The average Bonchev–Trinajstić information content (AvgIpc) is 3.86. The fraction of sp³-hybridized carbons (Fsp3) is 0. The summed E-state index contributed by atoms with van der Waals surface area (Å²) >= 11 is 3.26. The summed E-state index contributed by atoms with van der Waals surface area (Å²) in [5.74, 6) is 0.725. The van der Waals surface area contributed by atoms with E-state index in [0.29, 0.717) is 0 Å². The van der Waals surface area contributed by atoms with Crippen LogP contribution >= 0.6 is 23.3 Å². The molecule has 2 aliphatic rings. The number of hydrogen-bond acceptors (Lipinski definition) is 7. The molecule has 9 aromatic carbocycles. The summed E-state index contributed by atoms with van der Waals surface area (Å²) in [5.41, 5.74) is 17.0. The van der Waals surface area contributed by atoms with E-state index < -0.39 is 0 Å². The zero-order chi connectivity index (χ0) is 41.7. The Morgan fingerprint density at radius 3 is 1.38 bits per heavy atom. The van der Waals surface area contributed by atoms with Crippen molar-refractivity contribution in [3.63, 3.8) is 0 Å². The zero-order valence-electron chi connectivity index (χ0n) is 33.9. The van der Waals surface area contributed by atoms with Crippen molar-refractivity contribution < 1.29 is 0 Å². The van der Waals surface area contributed by atoms with Crippen molar-refractivity contribution in [2.75, 3.05) is 14.7 Å². The van der Waals surface area contributed by atoms with Gasteiger partial charge in [-0.3, -0.25) is 0 Å². The molecule has 3 heterocycles. The van der Waals surface area contributed by atoms with Crippen molar-refractivity contribution >= 4 is 74.5 Å². The molecule has 0 bridgehead atoms. The van der Waals surface area contributed by atoms with Gasteiger partial charge in [0.25, 0.3) is 0 Å². The molecule has 0 saturated carbocycles. The predicted octanol–water partition coefficient (Wildman–Crippen LogP) is 16.4. The molecule has 12 rings (SSSR count). The summed E-state index contributed by atoms with van der Waals surface area (Å²) in [4.78, 5) is 14.6. The quantitative estimate of drug-likeness (QED) is 0.159. The number of para-hydroxylation sites is 6. The van der Waals surface area contributed by atoms with Crippen molar-refractivity contribution in [2.24, 2.45) is 0 Å². The van der Waals surface area contributed by atoms with Gasteiger partial charge in [-0.25, -0.2) is 4.98 Å². The van der Waals surface area contributed by atoms with Gasteiger partial charge in [0.1, 0.15) is 5.01 Å². The van der Waals surface area contributed by atoms with E-state index >= 15 is 0 Å². The summed E-state index contributed by atoms with van der Waals surface area (Å²) in [5, 5.41) is 0.886. The van der Waals surface area contributed by atoms with Crippen molar-refractivity contribution in [1.82, 2.24) is 9.36 Å². The van der Waals surface area contributed by atoms with Crippen LogP contribution in [0.2, 0.25) is 0 Å². The Hall–Kier alpha value is -7.71. The van der Waals surface area contributed by atoms with Gasteiger partial charge in [-0.2, -0.15) is 4.37 Å². The normalized spacial score (nSPS) is 12.6. The molecule has 7 heteroatoms. The molecule has 0 atom stereocenters. The van der Waals surface area contributed by atoms with Gasteiger partial charge in [0, 0.05) is 38.0 Å². The van der Waals surface area contributed by atoms with Crippen LogP contribution in [0.1, 0.15) is 0 Å². The number of fused-ring (bicyclic) bond motifs is 4. The first-order chi connectivity index (χ1) is 31.2. The molecule has 0 aliphatic carbocycles. The van der Waals surface area contributed by atoms with Crippen molar-refractivity contribution in [3.05, 3.63) is 224 Å². The number of benzene rings is 9. The van der Waals surface area contributed by atoms with E-state index in [-0.39, 0.29) is 0 Å². The highest BCUT2D eigenvalue weighted by Crippen LogP contribution is 2.55. The topological polar surface area (TPSA) is 35.5 Å². The van der Waals surface area contributed by atoms with Gasteiger partial charge in [0.05, 0.1) is 34.1 Å². The molecule has 0 saturated heterocycles. The minimum Gasteiger partial charge on any atom is -0.308 e. The van der Waals surface area contributed by atoms with E-state index in [2.05, 4.69) is 239 Å². The van der Waals surface area contributed by atoms with Crippen LogP contribution in [0, 0.1) is 0 Å². The Morgan fingerprint density at radius 2 is 0.746 bits per heavy atom. The third-order valence-corrected chi connectivity index (χ3v) is 13.6. The van der Waals surface area contributed by atoms with Gasteiger partial charge in [-0.1, -0.05) is 121 Å². The van der Waals surface area contributed by atoms with E-state index in [1.807, 2.05) is 11.8 Å². The number of anilines is 9. The van der Waals surface area contributed by atoms with Crippen LogP contribution < -0.4 is 14.7 Å². The third kappa shape index (κ3) is 6.66. The smallest absolute Gasteiger partial charge is 0.173 e. The molecular formula is C56H37N5S2. The maximum absolute atomic E-state index is 5.06. The molecule has 0 unspecified atom stereocenters. The zero-order valence-corrected chi connectivity index (χ0v) is 35.5. The minimum absolute atomic E-state index is 0.725. The second kappa shape index (κ2) is 15.6. The van der Waals surface area contributed by atoms with Gasteiger partial charge in [0.15, 0.2) is 5.82 Å². The van der Waals surface area contributed by atoms with Gasteiger partial charge >= 0.3 is 0 Å². The van der Waals surface area contributed by atoms with Crippen LogP contribution in [0.3, 0.4) is 0 Å². The van der Waals surface area contributed by atoms with E-state index in [4.69, 9.17) is 9.36 Å². The minimum atomic E-state index is 0.725. The standard InChI is InChI=1S/C56H37N5S2/c1-3-14-38(15-4-1)41-16-13-17-42(36-41)43-30-35-52-54(37-43)62-53-25-12-11-24-51(53)61(52)46-31-26-39(27-32-46)55-57-56(63-58-55)40-28-33-45(34-29-40)60-49-22-9-7-20-47(49)59(44-18-5-2-6-19-44)48-21-8-10-23-50(48)60/h1-37H. The summed E-state index contributed by atoms with van der Waals surface area (Å²) in [6, 6.07) is 80.0. The van der Waals surface area contributed by atoms with Crippen LogP contribution in [-0.4, -0.2) is 9.36 Å². The van der Waals surface area contributed by atoms with Crippen molar-refractivity contribution in [2.45, 2.75) is 9.79 Å². The highest BCUT2D eigenvalue weighted by atomic mass is 32.2. The molecule has 0 amide bonds. The van der Waals surface area contributed by atoms with Crippen LogP contribution in [-0.2, 0) is 0 Å². The highest BCUT2D eigenvalue weighted by molar-refractivity contribution is 7.99. The number of nitrogens with zero attached hydrogens (tertiary/aromatic N) is 5. The van der Waals surface area contributed by atoms with Crippen molar-refractivity contribution in [3.8, 4) is 44.2 Å². The summed E-state index contributed by atoms with van der Waals surface area (Å²) in [7, 11) is 0. The Morgan fingerprint density at radius 1 is 0.302 bits per heavy atom.